The molecule has 3 aromatic carbocycles. The molecule has 0 fully saturated rings. The molecule has 1 heterocycles. The van der Waals surface area contributed by atoms with Crippen molar-refractivity contribution >= 4 is 37.9 Å². The van der Waals surface area contributed by atoms with Crippen LogP contribution in [-0.2, 0) is 0 Å². The second-order valence-corrected chi connectivity index (χ2v) is 6.10. The van der Waals surface area contributed by atoms with Crippen LogP contribution >= 0.6 is 15.9 Å². The Labute approximate surface area is 131 Å². The van der Waals surface area contributed by atoms with E-state index in [2.05, 4.69) is 65.3 Å². The van der Waals surface area contributed by atoms with E-state index in [4.69, 9.17) is 4.42 Å². The summed E-state index contributed by atoms with van der Waals surface area (Å²) in [6.45, 7) is 2.09. The molecule has 2 heteroatoms. The third kappa shape index (κ3) is 1.98. The summed E-state index contributed by atoms with van der Waals surface area (Å²) in [6, 6.07) is 20.9. The molecule has 0 spiro atoms. The molecule has 0 saturated carbocycles. The molecule has 0 N–H and O–H groups in total. The monoisotopic (exact) mass is 336 g/mol. The molecule has 0 aliphatic rings. The summed E-state index contributed by atoms with van der Waals surface area (Å²) in [5, 5.41) is 2.33. The van der Waals surface area contributed by atoms with Crippen LogP contribution in [0.3, 0.4) is 0 Å². The largest absolute Gasteiger partial charge is 0.455 e. The zero-order chi connectivity index (χ0) is 14.4. The first-order chi connectivity index (χ1) is 10.2. The lowest BCUT2D eigenvalue weighted by Crippen LogP contribution is -1.81. The van der Waals surface area contributed by atoms with Crippen molar-refractivity contribution in [2.24, 2.45) is 0 Å². The lowest BCUT2D eigenvalue weighted by Gasteiger charge is -2.05. The van der Waals surface area contributed by atoms with Crippen LogP contribution in [0.2, 0.25) is 0 Å². The fraction of sp³-hybridized carbons (Fsp3) is 0.0526. The maximum Gasteiger partial charge on any atom is 0.143 e. The van der Waals surface area contributed by atoms with Crippen molar-refractivity contribution in [1.29, 1.82) is 0 Å². The summed E-state index contributed by atoms with van der Waals surface area (Å²) in [4.78, 5) is 0. The highest BCUT2D eigenvalue weighted by molar-refractivity contribution is 9.10. The van der Waals surface area contributed by atoms with Crippen molar-refractivity contribution in [3.8, 4) is 11.1 Å². The fourth-order valence-corrected chi connectivity index (χ4v) is 3.11. The van der Waals surface area contributed by atoms with Crippen LogP contribution in [0.25, 0.3) is 33.1 Å². The van der Waals surface area contributed by atoms with Gasteiger partial charge < -0.3 is 4.42 Å². The summed E-state index contributed by atoms with van der Waals surface area (Å²) < 4.78 is 7.21. The Bertz CT molecular complexity index is 966. The van der Waals surface area contributed by atoms with E-state index in [1.807, 2.05) is 18.2 Å². The Morgan fingerprint density at radius 2 is 1.67 bits per heavy atom. The predicted molar refractivity (Wildman–Crippen MR) is 91.6 cm³/mol. The molecule has 1 nitrogen and oxygen atoms in total. The van der Waals surface area contributed by atoms with Gasteiger partial charge in [-0.15, -0.1) is 0 Å². The van der Waals surface area contributed by atoms with E-state index in [0.717, 1.165) is 26.8 Å². The zero-order valence-corrected chi connectivity index (χ0v) is 13.1. The molecule has 0 aliphatic carbocycles. The first-order valence-electron chi connectivity index (χ1n) is 6.91. The molecule has 102 valence electrons. The van der Waals surface area contributed by atoms with Gasteiger partial charge in [0.2, 0.25) is 0 Å². The van der Waals surface area contributed by atoms with Crippen LogP contribution in [0, 0.1) is 6.92 Å². The van der Waals surface area contributed by atoms with Gasteiger partial charge in [-0.05, 0) is 30.2 Å². The average molecular weight is 337 g/mol. The van der Waals surface area contributed by atoms with E-state index in [9.17, 15) is 0 Å². The van der Waals surface area contributed by atoms with Gasteiger partial charge in [0, 0.05) is 20.8 Å². The number of halogens is 1. The third-order valence-electron chi connectivity index (χ3n) is 3.89. The van der Waals surface area contributed by atoms with Gasteiger partial charge in [-0.2, -0.15) is 0 Å². The summed E-state index contributed by atoms with van der Waals surface area (Å²) in [5.41, 5.74) is 5.41. The lowest BCUT2D eigenvalue weighted by molar-refractivity contribution is 0.670. The van der Waals surface area contributed by atoms with Gasteiger partial charge in [0.1, 0.15) is 11.2 Å². The van der Waals surface area contributed by atoms with Gasteiger partial charge in [-0.1, -0.05) is 64.5 Å². The molecule has 0 radical (unpaired) electrons. The number of benzene rings is 3. The topological polar surface area (TPSA) is 13.1 Å². The minimum atomic E-state index is 0.936. The molecule has 0 saturated heterocycles. The minimum Gasteiger partial charge on any atom is -0.455 e. The Morgan fingerprint density at radius 3 is 2.52 bits per heavy atom. The summed E-state index contributed by atoms with van der Waals surface area (Å²) in [5.74, 6) is 0. The summed E-state index contributed by atoms with van der Waals surface area (Å²) >= 11 is 3.61. The summed E-state index contributed by atoms with van der Waals surface area (Å²) in [7, 11) is 0. The Kier molecular flexibility index (Phi) is 2.86. The van der Waals surface area contributed by atoms with Crippen LogP contribution < -0.4 is 0 Å². The molecule has 0 bridgehead atoms. The number of aryl methyl sites for hydroxylation is 1. The highest BCUT2D eigenvalue weighted by Gasteiger charge is 2.11. The number of hydrogen-bond donors (Lipinski definition) is 0. The molecule has 21 heavy (non-hydrogen) atoms. The first kappa shape index (κ1) is 12.7. The molecule has 1 aromatic heterocycles. The van der Waals surface area contributed by atoms with Crippen molar-refractivity contribution in [3.05, 3.63) is 70.7 Å². The molecule has 0 aliphatic heterocycles. The van der Waals surface area contributed by atoms with E-state index in [1.54, 1.807) is 0 Å². The van der Waals surface area contributed by atoms with Crippen LogP contribution in [0.5, 0.6) is 0 Å². The van der Waals surface area contributed by atoms with Crippen LogP contribution in [0.4, 0.5) is 0 Å². The Balaban J connectivity index is 2.06. The van der Waals surface area contributed by atoms with Crippen LogP contribution in [0.1, 0.15) is 5.56 Å². The zero-order valence-electron chi connectivity index (χ0n) is 11.6. The van der Waals surface area contributed by atoms with Gasteiger partial charge in [-0.3, -0.25) is 0 Å². The van der Waals surface area contributed by atoms with Gasteiger partial charge in [-0.25, -0.2) is 0 Å². The van der Waals surface area contributed by atoms with Gasteiger partial charge >= 0.3 is 0 Å². The maximum atomic E-state index is 6.09. The minimum absolute atomic E-state index is 0.936. The highest BCUT2D eigenvalue weighted by Crippen LogP contribution is 2.36. The number of fused-ring (bicyclic) bond motifs is 3. The van der Waals surface area contributed by atoms with Crippen molar-refractivity contribution in [1.82, 2.24) is 0 Å². The molecule has 0 unspecified atom stereocenters. The average Bonchev–Trinajstić information content (AvgIpc) is 2.89. The molecule has 4 aromatic rings. The van der Waals surface area contributed by atoms with Crippen LogP contribution in [0.15, 0.2) is 69.6 Å². The van der Waals surface area contributed by atoms with E-state index >= 15 is 0 Å². The van der Waals surface area contributed by atoms with Crippen LogP contribution in [-0.4, -0.2) is 0 Å². The van der Waals surface area contributed by atoms with Crippen molar-refractivity contribution < 1.29 is 4.42 Å². The van der Waals surface area contributed by atoms with Gasteiger partial charge in [0.15, 0.2) is 0 Å². The second kappa shape index (κ2) is 4.74. The lowest BCUT2D eigenvalue weighted by atomic mass is 10.0. The van der Waals surface area contributed by atoms with Gasteiger partial charge in [0.25, 0.3) is 0 Å². The van der Waals surface area contributed by atoms with E-state index in [0.29, 0.717) is 0 Å². The number of para-hydroxylation sites is 2. The second-order valence-electron chi connectivity index (χ2n) is 5.24. The van der Waals surface area contributed by atoms with E-state index < -0.39 is 0 Å². The number of hydrogen-bond acceptors (Lipinski definition) is 1. The molecule has 4 rings (SSSR count). The predicted octanol–water partition coefficient (Wildman–Crippen LogP) is 6.32. The molecule has 0 atom stereocenters. The standard InChI is InChI=1S/C19H13BrO/c1-12-9-10-13(11-17(12)20)14-6-4-7-16-15-5-2-3-8-18(15)21-19(14)16/h2-11H,1H3. The SMILES string of the molecule is Cc1ccc(-c2cccc3c2oc2ccccc23)cc1Br. The molecular weight excluding hydrogens is 324 g/mol. The van der Waals surface area contributed by atoms with Crippen molar-refractivity contribution in [2.75, 3.05) is 0 Å². The first-order valence-corrected chi connectivity index (χ1v) is 7.70. The summed E-state index contributed by atoms with van der Waals surface area (Å²) in [6.07, 6.45) is 0. The number of furan rings is 1. The number of rotatable bonds is 1. The normalized spacial score (nSPS) is 11.3. The smallest absolute Gasteiger partial charge is 0.143 e. The van der Waals surface area contributed by atoms with Gasteiger partial charge in [0.05, 0.1) is 0 Å². The van der Waals surface area contributed by atoms with Crippen molar-refractivity contribution in [2.45, 2.75) is 6.92 Å². The maximum absolute atomic E-state index is 6.09. The van der Waals surface area contributed by atoms with Crippen molar-refractivity contribution in [3.63, 3.8) is 0 Å². The molecular formula is C19H13BrO. The van der Waals surface area contributed by atoms with E-state index in [-0.39, 0.29) is 0 Å². The highest BCUT2D eigenvalue weighted by atomic mass is 79.9. The third-order valence-corrected chi connectivity index (χ3v) is 4.74. The fourth-order valence-electron chi connectivity index (χ4n) is 2.73. The Morgan fingerprint density at radius 1 is 0.857 bits per heavy atom. The quantitative estimate of drug-likeness (QED) is 0.396. The molecule has 0 amide bonds. The van der Waals surface area contributed by atoms with E-state index in [1.165, 1.54) is 16.3 Å². The Hall–Kier alpha value is -2.06.